The van der Waals surface area contributed by atoms with Gasteiger partial charge in [0.25, 0.3) is 0 Å². The molecule has 0 bridgehead atoms. The summed E-state index contributed by atoms with van der Waals surface area (Å²) in [5, 5.41) is 0. The molecule has 0 fully saturated rings. The third-order valence-electron chi connectivity index (χ3n) is 1.75. The van der Waals surface area contributed by atoms with E-state index in [0.29, 0.717) is 0 Å². The molecular formula is C9H12N2S. The molecular weight excluding hydrogens is 168 g/mol. The lowest BCUT2D eigenvalue weighted by molar-refractivity contribution is 0.877. The first-order valence-electron chi connectivity index (χ1n) is 3.81. The number of pyridine rings is 1. The molecule has 0 unspecified atom stereocenters. The molecule has 1 aromatic heterocycles. The van der Waals surface area contributed by atoms with Crippen LogP contribution < -0.4 is 0 Å². The van der Waals surface area contributed by atoms with E-state index in [0.717, 1.165) is 15.9 Å². The smallest absolute Gasteiger partial charge is 0.110 e. The minimum atomic E-state index is 0.845. The fraction of sp³-hybridized carbons (Fsp3) is 0.333. The predicted octanol–water partition coefficient (Wildman–Crippen LogP) is 2.79. The average molecular weight is 180 g/mol. The zero-order chi connectivity index (χ0) is 9.14. The van der Waals surface area contributed by atoms with Crippen LogP contribution in [0.1, 0.15) is 12.5 Å². The second-order valence-corrected chi connectivity index (χ2v) is 3.02. The van der Waals surface area contributed by atoms with Crippen LogP contribution in [0.25, 0.3) is 0 Å². The van der Waals surface area contributed by atoms with Gasteiger partial charge in [0.1, 0.15) is 4.64 Å². The highest BCUT2D eigenvalue weighted by Crippen LogP contribution is 2.17. The topological polar surface area (TPSA) is 17.3 Å². The maximum Gasteiger partial charge on any atom is 0.110 e. The van der Waals surface area contributed by atoms with Crippen LogP contribution in [0, 0.1) is 11.6 Å². The fourth-order valence-corrected chi connectivity index (χ4v) is 1.19. The molecule has 3 heteroatoms. The summed E-state index contributed by atoms with van der Waals surface area (Å²) in [6, 6.07) is 1.96. The van der Waals surface area contributed by atoms with Crippen molar-refractivity contribution in [1.82, 2.24) is 4.57 Å². The minimum Gasteiger partial charge on any atom is -0.342 e. The summed E-state index contributed by atoms with van der Waals surface area (Å²) in [6.07, 6.45) is 3.70. The number of hydrogen-bond acceptors (Lipinski definition) is 2. The Kier molecular flexibility index (Phi) is 2.76. The van der Waals surface area contributed by atoms with Gasteiger partial charge in [-0.3, -0.25) is 4.99 Å². The molecule has 0 radical (unpaired) electrons. The third-order valence-corrected chi connectivity index (χ3v) is 2.34. The molecule has 0 aliphatic heterocycles. The van der Waals surface area contributed by atoms with Gasteiger partial charge in [-0.15, -0.1) is 0 Å². The fourth-order valence-electron chi connectivity index (χ4n) is 1.03. The van der Waals surface area contributed by atoms with Crippen molar-refractivity contribution in [2.24, 2.45) is 12.0 Å². The van der Waals surface area contributed by atoms with E-state index in [4.69, 9.17) is 12.2 Å². The molecule has 0 aromatic carbocycles. The molecule has 12 heavy (non-hydrogen) atoms. The lowest BCUT2D eigenvalue weighted by Gasteiger charge is -2.03. The predicted molar refractivity (Wildman–Crippen MR) is 54.8 cm³/mol. The number of nitrogens with zero attached hydrogens (tertiary/aromatic N) is 2. The van der Waals surface area contributed by atoms with Crippen molar-refractivity contribution in [2.45, 2.75) is 13.8 Å². The number of aromatic nitrogens is 1. The summed E-state index contributed by atoms with van der Waals surface area (Å²) < 4.78 is 2.76. The second-order valence-electron chi connectivity index (χ2n) is 2.63. The summed E-state index contributed by atoms with van der Waals surface area (Å²) in [6.45, 7) is 3.89. The molecule has 0 saturated carbocycles. The van der Waals surface area contributed by atoms with E-state index >= 15 is 0 Å². The molecule has 0 atom stereocenters. The van der Waals surface area contributed by atoms with Crippen LogP contribution in [0.3, 0.4) is 0 Å². The van der Waals surface area contributed by atoms with E-state index in [2.05, 4.69) is 4.99 Å². The summed E-state index contributed by atoms with van der Waals surface area (Å²) in [5.74, 6) is 0. The molecule has 0 amide bonds. The van der Waals surface area contributed by atoms with E-state index in [9.17, 15) is 0 Å². The highest BCUT2D eigenvalue weighted by molar-refractivity contribution is 7.71. The number of aliphatic imine (C=N–C) groups is 1. The van der Waals surface area contributed by atoms with Gasteiger partial charge in [-0.2, -0.15) is 0 Å². The Balaban J connectivity index is 3.36. The zero-order valence-electron chi connectivity index (χ0n) is 7.53. The van der Waals surface area contributed by atoms with Crippen LogP contribution in [-0.4, -0.2) is 10.8 Å². The van der Waals surface area contributed by atoms with Gasteiger partial charge in [0.15, 0.2) is 0 Å². The molecule has 1 aromatic rings. The van der Waals surface area contributed by atoms with E-state index in [1.807, 2.05) is 37.7 Å². The monoisotopic (exact) mass is 180 g/mol. The number of hydrogen-bond donors (Lipinski definition) is 0. The molecule has 0 spiro atoms. The minimum absolute atomic E-state index is 0.845. The standard InChI is InChI=1S/C9H12N2S/c1-4-10-8-5-6-11(3)9(12)7(8)2/h4-6H,1-3H3/b10-4-. The van der Waals surface area contributed by atoms with Gasteiger partial charge in [-0.25, -0.2) is 0 Å². The van der Waals surface area contributed by atoms with Gasteiger partial charge in [0.05, 0.1) is 5.69 Å². The van der Waals surface area contributed by atoms with Crippen molar-refractivity contribution < 1.29 is 0 Å². The van der Waals surface area contributed by atoms with E-state index in [1.165, 1.54) is 0 Å². The maximum atomic E-state index is 5.19. The third kappa shape index (κ3) is 1.61. The second kappa shape index (κ2) is 3.63. The van der Waals surface area contributed by atoms with Crippen molar-refractivity contribution in [1.29, 1.82) is 0 Å². The van der Waals surface area contributed by atoms with Gasteiger partial charge in [0, 0.05) is 25.0 Å². The SMILES string of the molecule is C/C=N\c1ccn(C)c(=S)c1C. The van der Waals surface area contributed by atoms with Crippen molar-refractivity contribution in [2.75, 3.05) is 0 Å². The summed E-state index contributed by atoms with van der Waals surface area (Å²) in [7, 11) is 1.94. The Bertz CT molecular complexity index is 363. The molecule has 0 aliphatic carbocycles. The van der Waals surface area contributed by atoms with Crippen LogP contribution in [0.2, 0.25) is 0 Å². The molecule has 1 rings (SSSR count). The normalized spacial score (nSPS) is 10.9. The lowest BCUT2D eigenvalue weighted by atomic mass is 10.2. The van der Waals surface area contributed by atoms with Crippen LogP contribution in [0.15, 0.2) is 17.3 Å². The molecule has 0 aliphatic rings. The largest absolute Gasteiger partial charge is 0.342 e. The van der Waals surface area contributed by atoms with Gasteiger partial charge in [-0.05, 0) is 19.9 Å². The van der Waals surface area contributed by atoms with Crippen molar-refractivity contribution in [3.05, 3.63) is 22.5 Å². The molecule has 2 nitrogen and oxygen atoms in total. The first kappa shape index (κ1) is 9.13. The van der Waals surface area contributed by atoms with E-state index < -0.39 is 0 Å². The Morgan fingerprint density at radius 3 is 2.83 bits per heavy atom. The zero-order valence-corrected chi connectivity index (χ0v) is 8.35. The summed E-state index contributed by atoms with van der Waals surface area (Å²) in [5.41, 5.74) is 2.02. The van der Waals surface area contributed by atoms with Gasteiger partial charge in [-0.1, -0.05) is 12.2 Å². The Morgan fingerprint density at radius 1 is 1.58 bits per heavy atom. The average Bonchev–Trinajstić information content (AvgIpc) is 2.07. The van der Waals surface area contributed by atoms with Crippen LogP contribution >= 0.6 is 12.2 Å². The molecule has 64 valence electrons. The van der Waals surface area contributed by atoms with Gasteiger partial charge in [0.2, 0.25) is 0 Å². The number of aryl methyl sites for hydroxylation is 1. The number of rotatable bonds is 1. The van der Waals surface area contributed by atoms with Gasteiger partial charge < -0.3 is 4.57 Å². The first-order chi connectivity index (χ1) is 5.66. The van der Waals surface area contributed by atoms with E-state index in [-0.39, 0.29) is 0 Å². The van der Waals surface area contributed by atoms with Crippen LogP contribution in [0.5, 0.6) is 0 Å². The first-order valence-corrected chi connectivity index (χ1v) is 4.22. The van der Waals surface area contributed by atoms with Crippen molar-refractivity contribution in [3.8, 4) is 0 Å². The Morgan fingerprint density at radius 2 is 2.25 bits per heavy atom. The maximum absolute atomic E-state index is 5.19. The molecule has 0 saturated heterocycles. The van der Waals surface area contributed by atoms with Crippen LogP contribution in [0.4, 0.5) is 5.69 Å². The molecule has 0 N–H and O–H groups in total. The van der Waals surface area contributed by atoms with E-state index in [1.54, 1.807) is 6.21 Å². The quantitative estimate of drug-likeness (QED) is 0.480. The lowest BCUT2D eigenvalue weighted by Crippen LogP contribution is -1.93. The van der Waals surface area contributed by atoms with Crippen LogP contribution in [-0.2, 0) is 7.05 Å². The highest BCUT2D eigenvalue weighted by atomic mass is 32.1. The van der Waals surface area contributed by atoms with Crippen molar-refractivity contribution >= 4 is 24.1 Å². The van der Waals surface area contributed by atoms with Gasteiger partial charge >= 0.3 is 0 Å². The highest BCUT2D eigenvalue weighted by Gasteiger charge is 1.97. The molecule has 1 heterocycles. The summed E-state index contributed by atoms with van der Waals surface area (Å²) in [4.78, 5) is 4.20. The summed E-state index contributed by atoms with van der Waals surface area (Å²) >= 11 is 5.19. The Labute approximate surface area is 77.6 Å². The van der Waals surface area contributed by atoms with Crippen molar-refractivity contribution in [3.63, 3.8) is 0 Å². The Hall–Kier alpha value is -0.960.